The quantitative estimate of drug-likeness (QED) is 0.911. The first kappa shape index (κ1) is 12.3. The Morgan fingerprint density at radius 2 is 2.15 bits per heavy atom. The van der Waals surface area contributed by atoms with Crippen molar-refractivity contribution in [2.45, 2.75) is 44.6 Å². The summed E-state index contributed by atoms with van der Waals surface area (Å²) >= 11 is 0. The number of rotatable bonds is 4. The van der Waals surface area contributed by atoms with Crippen LogP contribution in [0.3, 0.4) is 0 Å². The fourth-order valence-electron chi connectivity index (χ4n) is 3.42. The third-order valence-electron chi connectivity index (χ3n) is 5.03. The summed E-state index contributed by atoms with van der Waals surface area (Å²) in [6.07, 6.45) is 6.54. The Hall–Kier alpha value is -1.42. The molecule has 0 aromatic carbocycles. The molecule has 3 aliphatic rings. The highest BCUT2D eigenvalue weighted by Crippen LogP contribution is 2.52. The number of aromatic nitrogens is 1. The Labute approximate surface area is 119 Å². The summed E-state index contributed by atoms with van der Waals surface area (Å²) in [6.45, 7) is 3.34. The van der Waals surface area contributed by atoms with Gasteiger partial charge in [-0.2, -0.15) is 0 Å². The zero-order valence-corrected chi connectivity index (χ0v) is 11.8. The van der Waals surface area contributed by atoms with Gasteiger partial charge in [-0.1, -0.05) is 0 Å². The molecule has 0 radical (unpaired) electrons. The maximum absolute atomic E-state index is 11.4. The van der Waals surface area contributed by atoms with Gasteiger partial charge >= 0.3 is 0 Å². The van der Waals surface area contributed by atoms with Crippen LogP contribution >= 0.6 is 0 Å². The first-order valence-electron chi connectivity index (χ1n) is 7.67. The molecule has 2 aliphatic carbocycles. The lowest BCUT2D eigenvalue weighted by Gasteiger charge is -2.16. The number of pyridine rings is 1. The minimum atomic E-state index is -0.408. The van der Waals surface area contributed by atoms with E-state index in [1.807, 2.05) is 6.07 Å². The molecule has 2 heterocycles. The molecular weight excluding hydrogens is 250 g/mol. The minimum Gasteiger partial charge on any atom is -0.364 e. The van der Waals surface area contributed by atoms with Gasteiger partial charge in [-0.25, -0.2) is 4.98 Å². The molecule has 1 saturated heterocycles. The second-order valence-corrected chi connectivity index (χ2v) is 6.88. The Kier molecular flexibility index (Phi) is 2.64. The van der Waals surface area contributed by atoms with Crippen molar-refractivity contribution >= 4 is 5.91 Å². The van der Waals surface area contributed by atoms with Gasteiger partial charge in [0.2, 0.25) is 0 Å². The van der Waals surface area contributed by atoms with Crippen molar-refractivity contribution < 1.29 is 4.79 Å². The molecule has 4 nitrogen and oxygen atoms in total. The van der Waals surface area contributed by atoms with Crippen LogP contribution in [0.5, 0.6) is 0 Å². The lowest BCUT2D eigenvalue weighted by atomic mass is 10.1. The average Bonchev–Trinajstić information content (AvgIpc) is 3.30. The van der Waals surface area contributed by atoms with Crippen molar-refractivity contribution in [3.63, 3.8) is 0 Å². The van der Waals surface area contributed by atoms with Crippen LogP contribution in [0.1, 0.15) is 59.8 Å². The fourth-order valence-corrected chi connectivity index (χ4v) is 3.42. The molecule has 1 aromatic heterocycles. The van der Waals surface area contributed by atoms with Crippen LogP contribution in [-0.4, -0.2) is 28.9 Å². The molecule has 2 saturated carbocycles. The highest BCUT2D eigenvalue weighted by Gasteiger charge is 2.47. The van der Waals surface area contributed by atoms with Crippen LogP contribution in [0, 0.1) is 5.41 Å². The summed E-state index contributed by atoms with van der Waals surface area (Å²) in [4.78, 5) is 18.4. The van der Waals surface area contributed by atoms with Crippen LogP contribution in [0.25, 0.3) is 0 Å². The third kappa shape index (κ3) is 2.33. The van der Waals surface area contributed by atoms with E-state index in [0.29, 0.717) is 17.0 Å². The fraction of sp³-hybridized carbons (Fsp3) is 0.625. The summed E-state index contributed by atoms with van der Waals surface area (Å²) in [5.74, 6) is 0.148. The lowest BCUT2D eigenvalue weighted by Crippen LogP contribution is -2.21. The largest absolute Gasteiger partial charge is 0.364 e. The van der Waals surface area contributed by atoms with Gasteiger partial charge in [0.15, 0.2) is 0 Å². The van der Waals surface area contributed by atoms with E-state index in [2.05, 4.69) is 16.0 Å². The van der Waals surface area contributed by atoms with Crippen LogP contribution in [0.4, 0.5) is 0 Å². The number of nitrogens with zero attached hydrogens (tertiary/aromatic N) is 2. The molecule has 3 fully saturated rings. The molecule has 20 heavy (non-hydrogen) atoms. The molecule has 1 aromatic rings. The van der Waals surface area contributed by atoms with Gasteiger partial charge in [-0.3, -0.25) is 9.69 Å². The maximum atomic E-state index is 11.4. The van der Waals surface area contributed by atoms with E-state index in [9.17, 15) is 4.79 Å². The highest BCUT2D eigenvalue weighted by atomic mass is 16.1. The second-order valence-electron chi connectivity index (χ2n) is 6.88. The van der Waals surface area contributed by atoms with E-state index >= 15 is 0 Å². The zero-order valence-electron chi connectivity index (χ0n) is 11.8. The van der Waals surface area contributed by atoms with Gasteiger partial charge in [0, 0.05) is 24.7 Å². The van der Waals surface area contributed by atoms with Gasteiger partial charge in [-0.05, 0) is 61.8 Å². The summed E-state index contributed by atoms with van der Waals surface area (Å²) in [6, 6.07) is 4.06. The number of likely N-dealkylation sites (tertiary alicyclic amines) is 1. The van der Waals surface area contributed by atoms with Crippen molar-refractivity contribution in [1.82, 2.24) is 9.88 Å². The SMILES string of the molecule is NC(=O)c1cc(CN2CCC3(CC3)C2)cc(C2CC2)n1. The number of nitrogens with two attached hydrogens (primary N) is 1. The molecule has 1 aliphatic heterocycles. The molecule has 2 N–H and O–H groups in total. The molecule has 0 bridgehead atoms. The summed E-state index contributed by atoms with van der Waals surface area (Å²) in [5, 5.41) is 0. The van der Waals surface area contributed by atoms with Crippen LogP contribution in [0.15, 0.2) is 12.1 Å². The Bertz CT molecular complexity index is 561. The van der Waals surface area contributed by atoms with Crippen LogP contribution in [-0.2, 0) is 6.54 Å². The molecule has 0 unspecified atom stereocenters. The monoisotopic (exact) mass is 271 g/mol. The predicted octanol–water partition coefficient (Wildman–Crippen LogP) is 2.04. The number of hydrogen-bond acceptors (Lipinski definition) is 3. The molecular formula is C16H21N3O. The molecule has 106 valence electrons. The number of carbonyl (C=O) groups is 1. The lowest BCUT2D eigenvalue weighted by molar-refractivity contribution is 0.0995. The predicted molar refractivity (Wildman–Crippen MR) is 76.3 cm³/mol. The number of amides is 1. The standard InChI is InChI=1S/C16H21N3O/c17-15(20)14-8-11(7-13(18-14)12-1-2-12)9-19-6-5-16(10-19)3-4-16/h7-8,12H,1-6,9-10H2,(H2,17,20). The van der Waals surface area contributed by atoms with Gasteiger partial charge in [0.1, 0.15) is 5.69 Å². The minimum absolute atomic E-state index is 0.408. The molecule has 4 rings (SSSR count). The normalized spacial score (nSPS) is 24.2. The Morgan fingerprint density at radius 3 is 2.75 bits per heavy atom. The number of hydrogen-bond donors (Lipinski definition) is 1. The van der Waals surface area contributed by atoms with Crippen molar-refractivity contribution in [2.75, 3.05) is 13.1 Å². The second kappa shape index (κ2) is 4.29. The van der Waals surface area contributed by atoms with Crippen LogP contribution in [0.2, 0.25) is 0 Å². The van der Waals surface area contributed by atoms with Gasteiger partial charge in [0.25, 0.3) is 5.91 Å². The summed E-state index contributed by atoms with van der Waals surface area (Å²) in [5.41, 5.74) is 8.77. The molecule has 4 heteroatoms. The van der Waals surface area contributed by atoms with E-state index in [0.717, 1.165) is 12.2 Å². The highest BCUT2D eigenvalue weighted by molar-refractivity contribution is 5.91. The molecule has 1 spiro atoms. The van der Waals surface area contributed by atoms with Crippen molar-refractivity contribution in [2.24, 2.45) is 11.1 Å². The average molecular weight is 271 g/mol. The first-order chi connectivity index (χ1) is 9.63. The first-order valence-corrected chi connectivity index (χ1v) is 7.67. The van der Waals surface area contributed by atoms with E-state index < -0.39 is 5.91 Å². The van der Waals surface area contributed by atoms with Gasteiger partial charge in [0.05, 0.1) is 0 Å². The number of carbonyl (C=O) groups excluding carboxylic acids is 1. The summed E-state index contributed by atoms with van der Waals surface area (Å²) in [7, 11) is 0. The Morgan fingerprint density at radius 1 is 1.35 bits per heavy atom. The smallest absolute Gasteiger partial charge is 0.267 e. The van der Waals surface area contributed by atoms with E-state index in [1.165, 1.54) is 50.8 Å². The zero-order chi connectivity index (χ0) is 13.7. The third-order valence-corrected chi connectivity index (χ3v) is 5.03. The van der Waals surface area contributed by atoms with E-state index in [-0.39, 0.29) is 0 Å². The van der Waals surface area contributed by atoms with E-state index in [1.54, 1.807) is 0 Å². The van der Waals surface area contributed by atoms with E-state index in [4.69, 9.17) is 5.73 Å². The van der Waals surface area contributed by atoms with Crippen molar-refractivity contribution in [3.05, 3.63) is 29.1 Å². The Balaban J connectivity index is 1.55. The maximum Gasteiger partial charge on any atom is 0.267 e. The molecule has 1 amide bonds. The number of primary amides is 1. The van der Waals surface area contributed by atoms with Crippen molar-refractivity contribution in [1.29, 1.82) is 0 Å². The van der Waals surface area contributed by atoms with Gasteiger partial charge in [-0.15, -0.1) is 0 Å². The molecule has 0 atom stereocenters. The van der Waals surface area contributed by atoms with Gasteiger partial charge < -0.3 is 5.73 Å². The topological polar surface area (TPSA) is 59.2 Å². The summed E-state index contributed by atoms with van der Waals surface area (Å²) < 4.78 is 0. The van der Waals surface area contributed by atoms with Crippen LogP contribution < -0.4 is 5.73 Å². The van der Waals surface area contributed by atoms with Crippen molar-refractivity contribution in [3.8, 4) is 0 Å².